The molecule has 0 spiro atoms. The molecule has 4 rings (SSSR count). The molecule has 0 saturated heterocycles. The van der Waals surface area contributed by atoms with Crippen LogP contribution in [0.4, 0.5) is 5.69 Å². The van der Waals surface area contributed by atoms with Gasteiger partial charge in [0.2, 0.25) is 0 Å². The highest BCUT2D eigenvalue weighted by Gasteiger charge is 2.21. The lowest BCUT2D eigenvalue weighted by molar-refractivity contribution is 0.412. The number of methoxy groups -OCH3 is 1. The molecular formula is C17H17N3O2S. The Hall–Kier alpha value is -2.34. The van der Waals surface area contributed by atoms with Crippen LogP contribution in [0.3, 0.4) is 0 Å². The van der Waals surface area contributed by atoms with E-state index in [-0.39, 0.29) is 5.56 Å². The van der Waals surface area contributed by atoms with Gasteiger partial charge in [-0.25, -0.2) is 4.98 Å². The van der Waals surface area contributed by atoms with Gasteiger partial charge < -0.3 is 14.6 Å². The second kappa shape index (κ2) is 5.70. The van der Waals surface area contributed by atoms with Crippen molar-refractivity contribution in [3.63, 3.8) is 0 Å². The lowest BCUT2D eigenvalue weighted by Crippen LogP contribution is -2.31. The van der Waals surface area contributed by atoms with Gasteiger partial charge in [-0.05, 0) is 35.9 Å². The Balaban J connectivity index is 1.73. The van der Waals surface area contributed by atoms with Gasteiger partial charge in [0.15, 0.2) is 0 Å². The van der Waals surface area contributed by atoms with Crippen LogP contribution in [-0.4, -0.2) is 23.6 Å². The molecule has 1 aliphatic heterocycles. The number of benzene rings is 1. The van der Waals surface area contributed by atoms with Crippen LogP contribution in [0.25, 0.3) is 10.2 Å². The summed E-state index contributed by atoms with van der Waals surface area (Å²) < 4.78 is 6.22. The molecule has 0 aliphatic carbocycles. The van der Waals surface area contributed by atoms with Gasteiger partial charge in [0.25, 0.3) is 5.56 Å². The number of hydrogen-bond acceptors (Lipinski definition) is 5. The Morgan fingerprint density at radius 3 is 3.17 bits per heavy atom. The van der Waals surface area contributed by atoms with Crippen LogP contribution in [0.2, 0.25) is 0 Å². The maximum Gasteiger partial charge on any atom is 0.268 e. The van der Waals surface area contributed by atoms with Gasteiger partial charge in [0.1, 0.15) is 16.3 Å². The molecule has 1 N–H and O–H groups in total. The summed E-state index contributed by atoms with van der Waals surface area (Å²) in [6.07, 6.45) is 2.14. The lowest BCUT2D eigenvalue weighted by atomic mass is 10.0. The van der Waals surface area contributed by atoms with Crippen molar-refractivity contribution >= 4 is 27.2 Å². The first kappa shape index (κ1) is 14.3. The third kappa shape index (κ3) is 2.49. The summed E-state index contributed by atoms with van der Waals surface area (Å²) in [6.45, 7) is 1.51. The van der Waals surface area contributed by atoms with E-state index >= 15 is 0 Å². The van der Waals surface area contributed by atoms with E-state index in [2.05, 4.69) is 20.9 Å². The van der Waals surface area contributed by atoms with E-state index in [1.807, 2.05) is 23.6 Å². The number of ether oxygens (including phenoxy) is 1. The highest BCUT2D eigenvalue weighted by atomic mass is 32.1. The SMILES string of the molecule is COc1cccc2c1N(Cc1nc3ccsc3c(=O)[nH]1)CCC2. The third-order valence-corrected chi connectivity index (χ3v) is 5.10. The highest BCUT2D eigenvalue weighted by Crippen LogP contribution is 2.36. The number of anilines is 1. The fourth-order valence-electron chi connectivity index (χ4n) is 3.20. The zero-order chi connectivity index (χ0) is 15.8. The molecule has 23 heavy (non-hydrogen) atoms. The van der Waals surface area contributed by atoms with E-state index in [0.29, 0.717) is 17.1 Å². The van der Waals surface area contributed by atoms with Gasteiger partial charge in [-0.2, -0.15) is 0 Å². The van der Waals surface area contributed by atoms with Crippen molar-refractivity contribution in [2.24, 2.45) is 0 Å². The van der Waals surface area contributed by atoms with Crippen molar-refractivity contribution in [2.45, 2.75) is 19.4 Å². The molecule has 0 fully saturated rings. The topological polar surface area (TPSA) is 58.2 Å². The number of hydrogen-bond donors (Lipinski definition) is 1. The number of nitrogens with zero attached hydrogens (tertiary/aromatic N) is 2. The van der Waals surface area contributed by atoms with Gasteiger partial charge in [0.05, 0.1) is 24.9 Å². The molecule has 3 heterocycles. The van der Waals surface area contributed by atoms with Crippen LogP contribution < -0.4 is 15.2 Å². The van der Waals surface area contributed by atoms with Crippen molar-refractivity contribution in [3.05, 3.63) is 51.4 Å². The molecule has 0 amide bonds. The molecule has 0 atom stereocenters. The van der Waals surface area contributed by atoms with Crippen molar-refractivity contribution < 1.29 is 4.74 Å². The second-order valence-corrected chi connectivity index (χ2v) is 6.56. The molecule has 3 aromatic rings. The summed E-state index contributed by atoms with van der Waals surface area (Å²) in [4.78, 5) is 21.9. The van der Waals surface area contributed by atoms with Crippen LogP contribution in [0, 0.1) is 0 Å². The summed E-state index contributed by atoms with van der Waals surface area (Å²) in [5.74, 6) is 1.57. The quantitative estimate of drug-likeness (QED) is 0.803. The number of nitrogens with one attached hydrogen (secondary N) is 1. The molecule has 1 aliphatic rings. The van der Waals surface area contributed by atoms with Crippen molar-refractivity contribution in [3.8, 4) is 5.75 Å². The van der Waals surface area contributed by atoms with Crippen molar-refractivity contribution in [1.82, 2.24) is 9.97 Å². The number of H-pyrrole nitrogens is 1. The molecule has 2 aromatic heterocycles. The van der Waals surface area contributed by atoms with E-state index in [1.54, 1.807) is 7.11 Å². The molecule has 0 saturated carbocycles. The minimum atomic E-state index is -0.0581. The van der Waals surface area contributed by atoms with E-state index in [0.717, 1.165) is 36.3 Å². The lowest BCUT2D eigenvalue weighted by Gasteiger charge is -2.32. The fraction of sp³-hybridized carbons (Fsp3) is 0.294. The molecule has 6 heteroatoms. The summed E-state index contributed by atoms with van der Waals surface area (Å²) in [7, 11) is 1.69. The predicted molar refractivity (Wildman–Crippen MR) is 92.6 cm³/mol. The Kier molecular flexibility index (Phi) is 3.53. The largest absolute Gasteiger partial charge is 0.495 e. The Labute approximate surface area is 137 Å². The van der Waals surface area contributed by atoms with E-state index in [4.69, 9.17) is 4.74 Å². The molecule has 1 aromatic carbocycles. The average molecular weight is 327 g/mol. The molecule has 0 unspecified atom stereocenters. The number of aromatic amines is 1. The number of thiophene rings is 1. The minimum absolute atomic E-state index is 0.0581. The Morgan fingerprint density at radius 1 is 1.39 bits per heavy atom. The minimum Gasteiger partial charge on any atom is -0.495 e. The normalized spacial score (nSPS) is 14.0. The van der Waals surface area contributed by atoms with Crippen molar-refractivity contribution in [1.29, 1.82) is 0 Å². The number of aryl methyl sites for hydroxylation is 1. The summed E-state index contributed by atoms with van der Waals surface area (Å²) in [5, 5.41) is 1.90. The molecular weight excluding hydrogens is 310 g/mol. The van der Waals surface area contributed by atoms with E-state index < -0.39 is 0 Å². The monoisotopic (exact) mass is 327 g/mol. The van der Waals surface area contributed by atoms with Crippen LogP contribution >= 0.6 is 11.3 Å². The maximum atomic E-state index is 12.1. The fourth-order valence-corrected chi connectivity index (χ4v) is 3.93. The van der Waals surface area contributed by atoms with E-state index in [1.165, 1.54) is 16.9 Å². The third-order valence-electron chi connectivity index (χ3n) is 4.20. The van der Waals surface area contributed by atoms with Gasteiger partial charge in [-0.1, -0.05) is 12.1 Å². The predicted octanol–water partition coefficient (Wildman–Crippen LogP) is 2.95. The second-order valence-electron chi connectivity index (χ2n) is 5.64. The first-order chi connectivity index (χ1) is 11.3. The van der Waals surface area contributed by atoms with Crippen LogP contribution in [-0.2, 0) is 13.0 Å². The smallest absolute Gasteiger partial charge is 0.268 e. The zero-order valence-electron chi connectivity index (χ0n) is 12.8. The molecule has 0 bridgehead atoms. The first-order valence-corrected chi connectivity index (χ1v) is 8.51. The molecule has 118 valence electrons. The summed E-state index contributed by atoms with van der Waals surface area (Å²) in [5.41, 5.74) is 3.12. The first-order valence-electron chi connectivity index (χ1n) is 7.63. The highest BCUT2D eigenvalue weighted by molar-refractivity contribution is 7.17. The zero-order valence-corrected chi connectivity index (χ0v) is 13.7. The summed E-state index contributed by atoms with van der Waals surface area (Å²) in [6, 6.07) is 8.04. The van der Waals surface area contributed by atoms with E-state index in [9.17, 15) is 4.79 Å². The Bertz CT molecular complexity index is 901. The number of rotatable bonds is 3. The van der Waals surface area contributed by atoms with Crippen LogP contribution in [0.5, 0.6) is 5.75 Å². The Morgan fingerprint density at radius 2 is 2.30 bits per heavy atom. The van der Waals surface area contributed by atoms with Gasteiger partial charge in [0, 0.05) is 6.54 Å². The van der Waals surface area contributed by atoms with Gasteiger partial charge >= 0.3 is 0 Å². The summed E-state index contributed by atoms with van der Waals surface area (Å²) >= 11 is 1.42. The average Bonchev–Trinajstić information content (AvgIpc) is 3.03. The number of fused-ring (bicyclic) bond motifs is 2. The number of para-hydroxylation sites is 1. The van der Waals surface area contributed by atoms with Gasteiger partial charge in [-0.15, -0.1) is 11.3 Å². The van der Waals surface area contributed by atoms with Crippen molar-refractivity contribution in [2.75, 3.05) is 18.6 Å². The maximum absolute atomic E-state index is 12.1. The molecule has 0 radical (unpaired) electrons. The van der Waals surface area contributed by atoms with Crippen LogP contribution in [0.15, 0.2) is 34.4 Å². The molecule has 5 nitrogen and oxygen atoms in total. The van der Waals surface area contributed by atoms with Crippen LogP contribution in [0.1, 0.15) is 17.8 Å². The van der Waals surface area contributed by atoms with Gasteiger partial charge in [-0.3, -0.25) is 4.79 Å². The number of aromatic nitrogens is 2. The standard InChI is InChI=1S/C17H17N3O2S/c1-22-13-6-2-4-11-5-3-8-20(15(11)13)10-14-18-12-7-9-23-16(12)17(21)19-14/h2,4,6-7,9H,3,5,8,10H2,1H3,(H,18,19,21).